The van der Waals surface area contributed by atoms with Crippen molar-refractivity contribution in [3.05, 3.63) is 0 Å². The van der Waals surface area contributed by atoms with Gasteiger partial charge in [-0.2, -0.15) is 0 Å². The zero-order valence-electron chi connectivity index (χ0n) is 18.1. The monoisotopic (exact) mass is 552 g/mol. The highest BCUT2D eigenvalue weighted by molar-refractivity contribution is 7.80. The van der Waals surface area contributed by atoms with Crippen LogP contribution in [0.4, 0.5) is 0 Å². The zero-order valence-corrected chi connectivity index (χ0v) is 20.5. The van der Waals surface area contributed by atoms with Crippen LogP contribution in [0.5, 0.6) is 0 Å². The lowest BCUT2D eigenvalue weighted by molar-refractivity contribution is -0.718. The van der Waals surface area contributed by atoms with E-state index in [0.29, 0.717) is 0 Å². The van der Waals surface area contributed by atoms with Crippen molar-refractivity contribution < 1.29 is 84.5 Å². The van der Waals surface area contributed by atoms with Gasteiger partial charge in [0.25, 0.3) is 0 Å². The standard InChI is InChI=1S/2C6H15N3.3H2O4S/c2*1-2-8-5-6-9-4-3-7-1;3*1-5(2,3)4/h2*7-9H,1-6H2;3*(H2,1,2,3,4). The third-order valence-electron chi connectivity index (χ3n) is 3.45. The molecule has 2 saturated heterocycles. The molecule has 2 fully saturated rings. The second kappa shape index (κ2) is 23.1. The largest absolute Gasteiger partial charge is 0.759 e. The van der Waals surface area contributed by atoms with Gasteiger partial charge < -0.3 is 59.2 Å². The van der Waals surface area contributed by atoms with Crippen molar-refractivity contribution in [2.75, 3.05) is 78.5 Å². The summed E-state index contributed by atoms with van der Waals surface area (Å²) >= 11 is 0. The molecule has 0 aromatic rings. The van der Waals surface area contributed by atoms with Gasteiger partial charge in [-0.15, -0.1) is 0 Å². The maximum Gasteiger partial charge on any atom is 0.125 e. The van der Waals surface area contributed by atoms with Crippen molar-refractivity contribution in [1.29, 1.82) is 0 Å². The van der Waals surface area contributed by atoms with Gasteiger partial charge in [-0.25, -0.2) is 0 Å². The highest BCUT2D eigenvalue weighted by Crippen LogP contribution is 1.58. The number of nitrogens with two attached hydrogens (primary N) is 6. The molecule has 0 aromatic carbocycles. The van der Waals surface area contributed by atoms with Crippen LogP contribution in [0, 0.1) is 0 Å². The maximum absolute atomic E-state index is 8.52. The molecule has 2 rings (SSSR count). The highest BCUT2D eigenvalue weighted by atomic mass is 32.3. The minimum Gasteiger partial charge on any atom is -0.759 e. The Morgan fingerprint density at radius 3 is 0.424 bits per heavy atom. The van der Waals surface area contributed by atoms with Crippen LogP contribution in [0.25, 0.3) is 0 Å². The summed E-state index contributed by atoms with van der Waals surface area (Å²) in [5.74, 6) is 0. The summed E-state index contributed by atoms with van der Waals surface area (Å²) in [7, 11) is -15.5. The molecule has 0 spiro atoms. The SMILES string of the molecule is C1C[NH2+]CC[NH2+]CC[NH2+]1.C1C[NH2+]CC[NH2+]CC[NH2+]1.O=S(=O)([O-])[O-].O=S(=O)([O-])[O-].O=S(=O)([O-])[O-]. The topological polar surface area (TPSA) is 340 Å². The Morgan fingerprint density at radius 2 is 0.364 bits per heavy atom. The van der Waals surface area contributed by atoms with E-state index in [1.165, 1.54) is 78.5 Å². The van der Waals surface area contributed by atoms with Gasteiger partial charge in [0.1, 0.15) is 78.5 Å². The molecule has 2 aliphatic rings. The van der Waals surface area contributed by atoms with E-state index in [9.17, 15) is 0 Å². The predicted molar refractivity (Wildman–Crippen MR) is 101 cm³/mol. The van der Waals surface area contributed by atoms with E-state index in [1.54, 1.807) is 0 Å². The van der Waals surface area contributed by atoms with Gasteiger partial charge in [-0.05, 0) is 0 Å². The van der Waals surface area contributed by atoms with Crippen molar-refractivity contribution >= 4 is 31.2 Å². The van der Waals surface area contributed by atoms with Gasteiger partial charge in [-0.1, -0.05) is 0 Å². The van der Waals surface area contributed by atoms with Crippen LogP contribution in [0.15, 0.2) is 0 Å². The molecule has 0 aromatic heterocycles. The Morgan fingerprint density at radius 1 is 0.303 bits per heavy atom. The fourth-order valence-corrected chi connectivity index (χ4v) is 2.28. The van der Waals surface area contributed by atoms with Gasteiger partial charge in [-0.3, -0.25) is 25.3 Å². The van der Waals surface area contributed by atoms with Crippen LogP contribution in [0.2, 0.25) is 0 Å². The molecule has 0 aliphatic carbocycles. The van der Waals surface area contributed by atoms with Crippen molar-refractivity contribution in [3.63, 3.8) is 0 Å². The van der Waals surface area contributed by atoms with Crippen molar-refractivity contribution in [2.45, 2.75) is 0 Å². The van der Waals surface area contributed by atoms with E-state index in [0.717, 1.165) is 0 Å². The minimum atomic E-state index is -5.17. The number of rotatable bonds is 0. The van der Waals surface area contributed by atoms with Crippen LogP contribution in [0.3, 0.4) is 0 Å². The Bertz CT molecular complexity index is 565. The molecule has 0 amide bonds. The number of quaternary nitrogens is 6. The summed E-state index contributed by atoms with van der Waals surface area (Å²) in [6, 6.07) is 0. The lowest BCUT2D eigenvalue weighted by Crippen LogP contribution is -2.94. The van der Waals surface area contributed by atoms with Crippen molar-refractivity contribution in [3.8, 4) is 0 Å². The third-order valence-corrected chi connectivity index (χ3v) is 3.45. The molecule has 0 saturated carbocycles. The van der Waals surface area contributed by atoms with E-state index in [2.05, 4.69) is 31.9 Å². The molecule has 0 atom stereocenters. The third kappa shape index (κ3) is 89.7. The summed E-state index contributed by atoms with van der Waals surface area (Å²) in [5, 5.41) is 14.4. The Balaban J connectivity index is -0.000000354. The van der Waals surface area contributed by atoms with E-state index >= 15 is 0 Å². The van der Waals surface area contributed by atoms with E-state index in [4.69, 9.17) is 52.6 Å². The smallest absolute Gasteiger partial charge is 0.125 e. The van der Waals surface area contributed by atoms with Gasteiger partial charge in [0.15, 0.2) is 0 Å². The van der Waals surface area contributed by atoms with Crippen molar-refractivity contribution in [1.82, 2.24) is 0 Å². The molecular weight excluding hydrogens is 516 g/mol. The maximum atomic E-state index is 8.52. The average Bonchev–Trinajstić information content (AvgIpc) is 2.84. The quantitative estimate of drug-likeness (QED) is 0.120. The van der Waals surface area contributed by atoms with E-state index in [1.807, 2.05) is 0 Å². The van der Waals surface area contributed by atoms with Gasteiger partial charge in [0.05, 0.1) is 0 Å². The fraction of sp³-hybridized carbons (Fsp3) is 1.00. The summed E-state index contributed by atoms with van der Waals surface area (Å²) < 4.78 is 102. The lowest BCUT2D eigenvalue weighted by Gasteiger charge is -2.06. The van der Waals surface area contributed by atoms with E-state index < -0.39 is 31.2 Å². The Kier molecular flexibility index (Phi) is 25.9. The number of hydrogen-bond donors (Lipinski definition) is 6. The van der Waals surface area contributed by atoms with Crippen LogP contribution in [-0.2, 0) is 31.2 Å². The average molecular weight is 553 g/mol. The summed E-state index contributed by atoms with van der Waals surface area (Å²) in [6.45, 7) is 15.6. The number of hydrogen-bond acceptors (Lipinski definition) is 12. The van der Waals surface area contributed by atoms with Crippen LogP contribution >= 0.6 is 0 Å². The molecule has 204 valence electrons. The predicted octanol–water partition coefficient (Wildman–Crippen LogP) is -12.6. The second-order valence-corrected chi connectivity index (χ2v) is 8.87. The molecule has 0 unspecified atom stereocenters. The van der Waals surface area contributed by atoms with Crippen molar-refractivity contribution in [2.24, 2.45) is 0 Å². The molecule has 21 heteroatoms. The second-order valence-electron chi connectivity index (χ2n) is 6.42. The lowest BCUT2D eigenvalue weighted by atomic mass is 10.6. The molecule has 33 heavy (non-hydrogen) atoms. The molecule has 0 bridgehead atoms. The van der Waals surface area contributed by atoms with Gasteiger partial charge in [0, 0.05) is 31.2 Å². The van der Waals surface area contributed by atoms with Gasteiger partial charge >= 0.3 is 0 Å². The zero-order chi connectivity index (χ0) is 26.2. The first kappa shape index (κ1) is 36.9. The first-order chi connectivity index (χ1) is 15.0. The fourth-order valence-electron chi connectivity index (χ4n) is 2.28. The van der Waals surface area contributed by atoms with E-state index in [-0.39, 0.29) is 0 Å². The Hall–Kier alpha value is -0.630. The van der Waals surface area contributed by atoms with Gasteiger partial charge in [0.2, 0.25) is 0 Å². The summed E-state index contributed by atoms with van der Waals surface area (Å²) in [6.07, 6.45) is 0. The first-order valence-corrected chi connectivity index (χ1v) is 13.9. The van der Waals surface area contributed by atoms with Crippen LogP contribution in [-0.4, -0.2) is 131 Å². The summed E-state index contributed by atoms with van der Waals surface area (Å²) in [5.41, 5.74) is 0. The normalized spacial score (nSPS) is 18.4. The highest BCUT2D eigenvalue weighted by Gasteiger charge is 2.00. The molecule has 18 nitrogen and oxygen atoms in total. The summed E-state index contributed by atoms with van der Waals surface area (Å²) in [4.78, 5) is 0. The minimum absolute atomic E-state index is 1.30. The van der Waals surface area contributed by atoms with Crippen LogP contribution in [0.1, 0.15) is 0 Å². The molecular formula is C12H36N6O12S3. The first-order valence-electron chi connectivity index (χ1n) is 9.90. The molecule has 2 aliphatic heterocycles. The molecule has 12 N–H and O–H groups in total. The molecule has 0 radical (unpaired) electrons. The van der Waals surface area contributed by atoms with Crippen LogP contribution < -0.4 is 31.9 Å². The Labute approximate surface area is 194 Å². The molecule has 2 heterocycles.